The largest absolute Gasteiger partial charge is 0.573 e. The van der Waals surface area contributed by atoms with Gasteiger partial charge in [0.2, 0.25) is 0 Å². The van der Waals surface area contributed by atoms with Gasteiger partial charge in [-0.3, -0.25) is 0 Å². The Labute approximate surface area is 179 Å². The number of unbranched alkanes of at least 4 members (excludes halogenated alkanes) is 1. The monoisotopic (exact) mass is 448 g/mol. The molecule has 2 heterocycles. The van der Waals surface area contributed by atoms with Gasteiger partial charge in [-0.05, 0) is 31.4 Å². The van der Waals surface area contributed by atoms with Gasteiger partial charge in [0.1, 0.15) is 0 Å². The minimum atomic E-state index is -4.95. The molecule has 1 aromatic carbocycles. The summed E-state index contributed by atoms with van der Waals surface area (Å²) in [6.07, 6.45) is 1.94. The van der Waals surface area contributed by atoms with Crippen molar-refractivity contribution in [3.63, 3.8) is 0 Å². The quantitative estimate of drug-likeness (QED) is 0.388. The van der Waals surface area contributed by atoms with Crippen LogP contribution in [0.5, 0.6) is 5.75 Å². The second-order valence-corrected chi connectivity index (χ2v) is 7.75. The van der Waals surface area contributed by atoms with Crippen molar-refractivity contribution < 1.29 is 41.2 Å². The van der Waals surface area contributed by atoms with Crippen molar-refractivity contribution in [3.05, 3.63) is 41.7 Å². The lowest BCUT2D eigenvalue weighted by atomic mass is 10.0. The molecule has 3 rings (SSSR count). The number of hydrogen-bond donors (Lipinski definition) is 0. The molecule has 174 valence electrons. The molecule has 0 bridgehead atoms. The Bertz CT molecular complexity index is 708. The SMILES string of the molecule is CCC/C=C/C1COC(CC[C@H]2CO[C@H](c3ccc(OC(F)(F)F)c(F)c3)OC2)OC1. The smallest absolute Gasteiger partial charge is 0.403 e. The number of benzene rings is 1. The van der Waals surface area contributed by atoms with Crippen LogP contribution in [0.25, 0.3) is 0 Å². The van der Waals surface area contributed by atoms with Gasteiger partial charge in [-0.1, -0.05) is 31.6 Å². The van der Waals surface area contributed by atoms with E-state index < -0.39 is 24.2 Å². The summed E-state index contributed by atoms with van der Waals surface area (Å²) >= 11 is 0. The van der Waals surface area contributed by atoms with Crippen molar-refractivity contribution in [3.8, 4) is 5.75 Å². The zero-order valence-electron chi connectivity index (χ0n) is 17.4. The second-order valence-electron chi connectivity index (χ2n) is 7.75. The van der Waals surface area contributed by atoms with Crippen LogP contribution in [0.15, 0.2) is 30.4 Å². The Morgan fingerprint density at radius 3 is 2.35 bits per heavy atom. The molecule has 0 aliphatic carbocycles. The third kappa shape index (κ3) is 7.75. The van der Waals surface area contributed by atoms with E-state index in [1.807, 2.05) is 0 Å². The molecule has 0 N–H and O–H groups in total. The number of ether oxygens (including phenoxy) is 5. The molecule has 2 aliphatic heterocycles. The number of halogens is 4. The molecule has 0 unspecified atom stereocenters. The van der Waals surface area contributed by atoms with Crippen LogP contribution in [-0.2, 0) is 18.9 Å². The van der Waals surface area contributed by atoms with E-state index in [9.17, 15) is 17.6 Å². The van der Waals surface area contributed by atoms with Crippen LogP contribution in [0, 0.1) is 17.7 Å². The average Bonchev–Trinajstić information content (AvgIpc) is 2.74. The fraction of sp³-hybridized carbons (Fsp3) is 0.636. The summed E-state index contributed by atoms with van der Waals surface area (Å²) < 4.78 is 77.1. The Morgan fingerprint density at radius 1 is 1.03 bits per heavy atom. The highest BCUT2D eigenvalue weighted by Gasteiger charge is 2.33. The molecule has 0 radical (unpaired) electrons. The fourth-order valence-corrected chi connectivity index (χ4v) is 3.44. The molecule has 0 aromatic heterocycles. The highest BCUT2D eigenvalue weighted by molar-refractivity contribution is 5.30. The average molecular weight is 448 g/mol. The van der Waals surface area contributed by atoms with Gasteiger partial charge >= 0.3 is 6.36 Å². The molecule has 0 saturated carbocycles. The Morgan fingerprint density at radius 2 is 1.74 bits per heavy atom. The summed E-state index contributed by atoms with van der Waals surface area (Å²) in [6.45, 7) is 4.20. The van der Waals surface area contributed by atoms with Crippen molar-refractivity contribution in [2.75, 3.05) is 26.4 Å². The summed E-state index contributed by atoms with van der Waals surface area (Å²) in [5.74, 6) is -1.60. The summed E-state index contributed by atoms with van der Waals surface area (Å²) in [5, 5.41) is 0. The van der Waals surface area contributed by atoms with Crippen molar-refractivity contribution in [1.82, 2.24) is 0 Å². The van der Waals surface area contributed by atoms with Crippen molar-refractivity contribution in [2.45, 2.75) is 51.5 Å². The van der Waals surface area contributed by atoms with E-state index in [0.717, 1.165) is 31.4 Å². The molecule has 0 spiro atoms. The number of allylic oxidation sites excluding steroid dienone is 1. The first-order chi connectivity index (χ1) is 14.8. The minimum absolute atomic E-state index is 0.128. The summed E-state index contributed by atoms with van der Waals surface area (Å²) in [5.41, 5.74) is 0.298. The molecule has 31 heavy (non-hydrogen) atoms. The van der Waals surface area contributed by atoms with E-state index in [-0.39, 0.29) is 12.2 Å². The summed E-state index contributed by atoms with van der Waals surface area (Å²) in [6, 6.07) is 3.14. The molecule has 2 aliphatic rings. The number of hydrogen-bond acceptors (Lipinski definition) is 5. The van der Waals surface area contributed by atoms with Crippen LogP contribution in [-0.4, -0.2) is 39.1 Å². The molecule has 2 saturated heterocycles. The lowest BCUT2D eigenvalue weighted by molar-refractivity contribution is -0.275. The van der Waals surface area contributed by atoms with Crippen LogP contribution < -0.4 is 4.74 Å². The fourth-order valence-electron chi connectivity index (χ4n) is 3.44. The maximum atomic E-state index is 13.9. The topological polar surface area (TPSA) is 46.2 Å². The lowest BCUT2D eigenvalue weighted by Gasteiger charge is -2.32. The lowest BCUT2D eigenvalue weighted by Crippen LogP contribution is -2.33. The van der Waals surface area contributed by atoms with Gasteiger partial charge < -0.3 is 23.7 Å². The maximum absolute atomic E-state index is 13.9. The Kier molecular flexibility index (Phi) is 8.71. The minimum Gasteiger partial charge on any atom is -0.403 e. The predicted molar refractivity (Wildman–Crippen MR) is 104 cm³/mol. The molecule has 5 nitrogen and oxygen atoms in total. The molecule has 0 amide bonds. The van der Waals surface area contributed by atoms with Gasteiger partial charge in [-0.25, -0.2) is 4.39 Å². The third-order valence-corrected chi connectivity index (χ3v) is 5.09. The van der Waals surface area contributed by atoms with E-state index in [1.165, 1.54) is 6.07 Å². The van der Waals surface area contributed by atoms with Crippen molar-refractivity contribution in [1.29, 1.82) is 0 Å². The third-order valence-electron chi connectivity index (χ3n) is 5.09. The van der Waals surface area contributed by atoms with E-state index in [2.05, 4.69) is 23.8 Å². The maximum Gasteiger partial charge on any atom is 0.573 e. The standard InChI is InChI=1S/C22H28F4O5/c1-2-3-4-5-15-11-27-20(28-12-15)9-6-16-13-29-21(30-14-16)17-7-8-19(18(23)10-17)31-22(24,25)26/h4-5,7-8,10,15-16,20-21H,2-3,6,9,11-14H2,1H3/b5-4+/t15?,16-,20?,21-. The number of rotatable bonds is 8. The summed E-state index contributed by atoms with van der Waals surface area (Å²) in [4.78, 5) is 0. The van der Waals surface area contributed by atoms with E-state index in [0.29, 0.717) is 44.3 Å². The highest BCUT2D eigenvalue weighted by atomic mass is 19.4. The Balaban J connectivity index is 1.38. The summed E-state index contributed by atoms with van der Waals surface area (Å²) in [7, 11) is 0. The molecular weight excluding hydrogens is 420 g/mol. The number of alkyl halides is 3. The van der Waals surface area contributed by atoms with Crippen molar-refractivity contribution in [2.24, 2.45) is 11.8 Å². The first-order valence-electron chi connectivity index (χ1n) is 10.5. The normalized spacial score (nSPS) is 27.5. The van der Waals surface area contributed by atoms with E-state index in [1.54, 1.807) is 0 Å². The van der Waals surface area contributed by atoms with Crippen molar-refractivity contribution >= 4 is 0 Å². The molecule has 9 heteroatoms. The van der Waals surface area contributed by atoms with Crippen LogP contribution in [0.2, 0.25) is 0 Å². The Hall–Kier alpha value is -1.68. The highest BCUT2D eigenvalue weighted by Crippen LogP contribution is 2.32. The first-order valence-corrected chi connectivity index (χ1v) is 10.5. The first kappa shape index (κ1) is 24.0. The van der Waals surface area contributed by atoms with Gasteiger partial charge in [-0.2, -0.15) is 0 Å². The van der Waals surface area contributed by atoms with Gasteiger partial charge in [0, 0.05) is 17.4 Å². The zero-order valence-corrected chi connectivity index (χ0v) is 17.4. The predicted octanol–water partition coefficient (Wildman–Crippen LogP) is 5.51. The molecular formula is C22H28F4O5. The molecule has 1 aromatic rings. The van der Waals surface area contributed by atoms with Crippen LogP contribution in [0.4, 0.5) is 17.6 Å². The van der Waals surface area contributed by atoms with Gasteiger partial charge in [0.15, 0.2) is 24.1 Å². The zero-order chi connectivity index (χ0) is 22.3. The second kappa shape index (κ2) is 11.3. The van der Waals surface area contributed by atoms with Crippen LogP contribution >= 0.6 is 0 Å². The molecule has 2 fully saturated rings. The van der Waals surface area contributed by atoms with E-state index >= 15 is 0 Å². The molecule has 0 atom stereocenters. The van der Waals surface area contributed by atoms with Crippen LogP contribution in [0.3, 0.4) is 0 Å². The van der Waals surface area contributed by atoms with Gasteiger partial charge in [-0.15, -0.1) is 13.2 Å². The van der Waals surface area contributed by atoms with Gasteiger partial charge in [0.05, 0.1) is 26.4 Å². The van der Waals surface area contributed by atoms with E-state index in [4.69, 9.17) is 18.9 Å². The van der Waals surface area contributed by atoms with Gasteiger partial charge in [0.25, 0.3) is 0 Å². The van der Waals surface area contributed by atoms with Crippen LogP contribution in [0.1, 0.15) is 44.5 Å².